The molecule has 8 nitrogen and oxygen atoms in total. The molecular weight excluding hydrogens is 423 g/mol. The van der Waals surface area contributed by atoms with Gasteiger partial charge < -0.3 is 15.2 Å². The van der Waals surface area contributed by atoms with Crippen LogP contribution in [0.1, 0.15) is 34.0 Å². The van der Waals surface area contributed by atoms with Crippen LogP contribution in [0.2, 0.25) is 0 Å². The van der Waals surface area contributed by atoms with Crippen molar-refractivity contribution in [1.82, 2.24) is 20.2 Å². The van der Waals surface area contributed by atoms with Crippen molar-refractivity contribution in [3.8, 4) is 6.07 Å². The summed E-state index contributed by atoms with van der Waals surface area (Å²) in [4.78, 5) is 35.6. The first kappa shape index (κ1) is 22.4. The third-order valence-electron chi connectivity index (χ3n) is 6.03. The standard InChI is InChI=1S/C24H25FN6O2/c1-3-16-11-19-20(29-23(16)32)10-15(13-28-19)14-30-6-8-31(9-7-30)21-5-4-17(24(33)27-2)22(25)18(21)12-26/h4-5,10-11,13H,3,6-9,14H2,1-2H3,(H,27,33)(H,29,32). The molecule has 0 atom stereocenters. The number of benzene rings is 1. The topological polar surface area (TPSA) is 105 Å². The molecule has 0 unspecified atom stereocenters. The zero-order valence-corrected chi connectivity index (χ0v) is 18.6. The van der Waals surface area contributed by atoms with E-state index in [-0.39, 0.29) is 16.7 Å². The number of H-pyrrole nitrogens is 1. The Morgan fingerprint density at radius 3 is 2.70 bits per heavy atom. The number of halogens is 1. The lowest BCUT2D eigenvalue weighted by atomic mass is 10.1. The van der Waals surface area contributed by atoms with Gasteiger partial charge in [-0.05, 0) is 36.2 Å². The van der Waals surface area contributed by atoms with Gasteiger partial charge in [0.2, 0.25) is 0 Å². The first-order valence-corrected chi connectivity index (χ1v) is 10.9. The van der Waals surface area contributed by atoms with Crippen molar-refractivity contribution in [1.29, 1.82) is 5.26 Å². The number of aromatic nitrogens is 2. The van der Waals surface area contributed by atoms with Crippen LogP contribution in [0.25, 0.3) is 11.0 Å². The Hall–Kier alpha value is -3.77. The van der Waals surface area contributed by atoms with Crippen LogP contribution in [0.3, 0.4) is 0 Å². The van der Waals surface area contributed by atoms with Gasteiger partial charge in [0.15, 0.2) is 5.82 Å². The van der Waals surface area contributed by atoms with Crippen molar-refractivity contribution in [3.05, 3.63) is 68.9 Å². The molecule has 2 N–H and O–H groups in total. The number of carbonyl (C=O) groups is 1. The molecule has 0 spiro atoms. The maximum Gasteiger partial charge on any atom is 0.254 e. The summed E-state index contributed by atoms with van der Waals surface area (Å²) in [5.41, 5.74) is 3.37. The highest BCUT2D eigenvalue weighted by atomic mass is 19.1. The van der Waals surface area contributed by atoms with Gasteiger partial charge in [0.1, 0.15) is 11.6 Å². The molecule has 170 valence electrons. The molecule has 1 amide bonds. The average Bonchev–Trinajstić information content (AvgIpc) is 2.83. The molecule has 1 aliphatic heterocycles. The lowest BCUT2D eigenvalue weighted by Crippen LogP contribution is -2.46. The van der Waals surface area contributed by atoms with E-state index in [2.05, 4.69) is 20.2 Å². The predicted octanol–water partition coefficient (Wildman–Crippen LogP) is 2.18. The number of aryl methyl sites for hydroxylation is 1. The SMILES string of the molecule is CCc1cc2ncc(CN3CCN(c4ccc(C(=O)NC)c(F)c4C#N)CC3)cc2[nH]c1=O. The Labute approximate surface area is 190 Å². The van der Waals surface area contributed by atoms with Gasteiger partial charge in [-0.15, -0.1) is 0 Å². The highest BCUT2D eigenvalue weighted by Crippen LogP contribution is 2.27. The number of hydrogen-bond donors (Lipinski definition) is 2. The highest BCUT2D eigenvalue weighted by molar-refractivity contribution is 5.95. The van der Waals surface area contributed by atoms with E-state index >= 15 is 0 Å². The number of nitrogens with zero attached hydrogens (tertiary/aromatic N) is 4. The van der Waals surface area contributed by atoms with Crippen molar-refractivity contribution in [2.24, 2.45) is 0 Å². The van der Waals surface area contributed by atoms with E-state index < -0.39 is 11.7 Å². The van der Waals surface area contributed by atoms with Crippen LogP contribution < -0.4 is 15.8 Å². The molecule has 1 aromatic carbocycles. The quantitative estimate of drug-likeness (QED) is 0.620. The molecule has 0 bridgehead atoms. The van der Waals surface area contributed by atoms with Crippen LogP contribution in [0.5, 0.6) is 0 Å². The maximum absolute atomic E-state index is 14.7. The molecule has 3 aromatic rings. The first-order chi connectivity index (χ1) is 15.9. The Balaban J connectivity index is 1.46. The van der Waals surface area contributed by atoms with Crippen molar-refractivity contribution >= 4 is 22.6 Å². The Morgan fingerprint density at radius 1 is 1.27 bits per heavy atom. The minimum absolute atomic E-state index is 0.0828. The van der Waals surface area contributed by atoms with Crippen molar-refractivity contribution in [2.45, 2.75) is 19.9 Å². The monoisotopic (exact) mass is 448 g/mol. The second-order valence-corrected chi connectivity index (χ2v) is 8.03. The van der Waals surface area contributed by atoms with Gasteiger partial charge in [-0.1, -0.05) is 6.92 Å². The molecule has 0 aliphatic carbocycles. The summed E-state index contributed by atoms with van der Waals surface area (Å²) in [6.45, 7) is 5.27. The third-order valence-corrected chi connectivity index (χ3v) is 6.03. The number of anilines is 1. The number of nitriles is 1. The molecule has 4 rings (SSSR count). The fourth-order valence-corrected chi connectivity index (χ4v) is 4.17. The summed E-state index contributed by atoms with van der Waals surface area (Å²) >= 11 is 0. The van der Waals surface area contributed by atoms with Crippen LogP contribution in [0.4, 0.5) is 10.1 Å². The normalized spacial score (nSPS) is 14.3. The van der Waals surface area contributed by atoms with Gasteiger partial charge in [-0.3, -0.25) is 19.5 Å². The zero-order chi connectivity index (χ0) is 23.5. The van der Waals surface area contributed by atoms with Crippen LogP contribution in [-0.2, 0) is 13.0 Å². The first-order valence-electron chi connectivity index (χ1n) is 10.9. The van der Waals surface area contributed by atoms with Crippen LogP contribution in [-0.4, -0.2) is 54.0 Å². The Morgan fingerprint density at radius 2 is 2.03 bits per heavy atom. The molecule has 0 radical (unpaired) electrons. The average molecular weight is 449 g/mol. The molecule has 0 saturated carbocycles. The smallest absolute Gasteiger partial charge is 0.254 e. The number of carbonyl (C=O) groups excluding carboxylic acids is 1. The van der Waals surface area contributed by atoms with E-state index in [1.807, 2.05) is 36.2 Å². The Kier molecular flexibility index (Phi) is 6.38. The van der Waals surface area contributed by atoms with E-state index in [4.69, 9.17) is 0 Å². The minimum atomic E-state index is -0.792. The zero-order valence-electron chi connectivity index (χ0n) is 18.6. The minimum Gasteiger partial charge on any atom is -0.368 e. The van der Waals surface area contributed by atoms with Crippen molar-refractivity contribution < 1.29 is 9.18 Å². The molecular formula is C24H25FN6O2. The lowest BCUT2D eigenvalue weighted by molar-refractivity contribution is 0.0959. The molecule has 1 fully saturated rings. The fraction of sp³-hybridized carbons (Fsp3) is 0.333. The fourth-order valence-electron chi connectivity index (χ4n) is 4.17. The summed E-state index contributed by atoms with van der Waals surface area (Å²) in [6.07, 6.45) is 2.48. The maximum atomic E-state index is 14.7. The summed E-state index contributed by atoms with van der Waals surface area (Å²) in [5, 5.41) is 11.9. The summed E-state index contributed by atoms with van der Waals surface area (Å²) in [7, 11) is 1.42. The van der Waals surface area contributed by atoms with E-state index in [0.29, 0.717) is 44.8 Å². The van der Waals surface area contributed by atoms with Gasteiger partial charge in [0.05, 0.1) is 22.3 Å². The molecule has 9 heteroatoms. The number of nitrogens with one attached hydrogen (secondary N) is 2. The number of aromatic amines is 1. The van der Waals surface area contributed by atoms with Crippen LogP contribution in [0.15, 0.2) is 35.3 Å². The van der Waals surface area contributed by atoms with E-state index in [0.717, 1.165) is 22.2 Å². The van der Waals surface area contributed by atoms with Gasteiger partial charge in [-0.25, -0.2) is 4.39 Å². The van der Waals surface area contributed by atoms with Crippen molar-refractivity contribution in [2.75, 3.05) is 38.1 Å². The molecule has 2 aromatic heterocycles. The molecule has 1 aliphatic rings. The number of rotatable bonds is 5. The summed E-state index contributed by atoms with van der Waals surface area (Å²) in [5.74, 6) is -1.35. The van der Waals surface area contributed by atoms with E-state index in [1.165, 1.54) is 13.1 Å². The summed E-state index contributed by atoms with van der Waals surface area (Å²) < 4.78 is 14.7. The number of pyridine rings is 2. The van der Waals surface area contributed by atoms with Crippen molar-refractivity contribution in [3.63, 3.8) is 0 Å². The number of hydrogen-bond acceptors (Lipinski definition) is 6. The highest BCUT2D eigenvalue weighted by Gasteiger charge is 2.24. The second kappa shape index (κ2) is 9.38. The van der Waals surface area contributed by atoms with Gasteiger partial charge in [0.25, 0.3) is 11.5 Å². The molecule has 33 heavy (non-hydrogen) atoms. The van der Waals surface area contributed by atoms with Crippen LogP contribution in [0, 0.1) is 17.1 Å². The number of piperazine rings is 1. The van der Waals surface area contributed by atoms with Gasteiger partial charge >= 0.3 is 0 Å². The lowest BCUT2D eigenvalue weighted by Gasteiger charge is -2.36. The predicted molar refractivity (Wildman–Crippen MR) is 124 cm³/mol. The Bertz CT molecular complexity index is 1300. The van der Waals surface area contributed by atoms with Crippen LogP contribution >= 0.6 is 0 Å². The summed E-state index contributed by atoms with van der Waals surface area (Å²) in [6, 6.07) is 8.75. The molecule has 1 saturated heterocycles. The van der Waals surface area contributed by atoms with Gasteiger partial charge in [-0.2, -0.15) is 5.26 Å². The van der Waals surface area contributed by atoms with E-state index in [9.17, 15) is 19.2 Å². The molecule has 3 heterocycles. The third kappa shape index (κ3) is 4.43. The number of amides is 1. The van der Waals surface area contributed by atoms with E-state index in [1.54, 1.807) is 6.07 Å². The van der Waals surface area contributed by atoms with Gasteiger partial charge in [0, 0.05) is 51.5 Å². The largest absolute Gasteiger partial charge is 0.368 e. The second-order valence-electron chi connectivity index (χ2n) is 8.03. The number of fused-ring (bicyclic) bond motifs is 1.